The van der Waals surface area contributed by atoms with Crippen LogP contribution in [-0.2, 0) is 0 Å². The minimum atomic E-state index is 0.0401. The molecule has 90 valence electrons. The maximum atomic E-state index is 9.80. The van der Waals surface area contributed by atoms with Gasteiger partial charge in [-0.1, -0.05) is 0 Å². The highest BCUT2D eigenvalue weighted by Crippen LogP contribution is 2.31. The van der Waals surface area contributed by atoms with Gasteiger partial charge in [-0.3, -0.25) is 0 Å². The SMILES string of the molecule is COc1ccc(-c2nc(N(C)C)no2)c(O)c1. The van der Waals surface area contributed by atoms with Crippen molar-refractivity contribution in [2.24, 2.45) is 0 Å². The Bertz CT molecular complexity index is 522. The molecule has 6 heteroatoms. The number of rotatable bonds is 3. The molecule has 2 aromatic rings. The molecule has 17 heavy (non-hydrogen) atoms. The molecular weight excluding hydrogens is 222 g/mol. The number of anilines is 1. The van der Waals surface area contributed by atoms with Crippen LogP contribution in [0.15, 0.2) is 22.7 Å². The summed E-state index contributed by atoms with van der Waals surface area (Å²) in [7, 11) is 5.15. The van der Waals surface area contributed by atoms with Gasteiger partial charge in [-0.2, -0.15) is 4.98 Å². The van der Waals surface area contributed by atoms with Gasteiger partial charge in [0.2, 0.25) is 0 Å². The second-order valence-electron chi connectivity index (χ2n) is 3.68. The maximum Gasteiger partial charge on any atom is 0.265 e. The molecule has 0 fully saturated rings. The molecule has 0 aliphatic rings. The largest absolute Gasteiger partial charge is 0.507 e. The van der Waals surface area contributed by atoms with E-state index in [4.69, 9.17) is 9.26 Å². The van der Waals surface area contributed by atoms with E-state index in [0.717, 1.165) is 0 Å². The van der Waals surface area contributed by atoms with Crippen LogP contribution in [0.4, 0.5) is 5.95 Å². The van der Waals surface area contributed by atoms with Crippen LogP contribution < -0.4 is 9.64 Å². The summed E-state index contributed by atoms with van der Waals surface area (Å²) >= 11 is 0. The minimum Gasteiger partial charge on any atom is -0.507 e. The van der Waals surface area contributed by atoms with Crippen molar-refractivity contribution in [1.29, 1.82) is 0 Å². The minimum absolute atomic E-state index is 0.0401. The Morgan fingerprint density at radius 1 is 1.35 bits per heavy atom. The summed E-state index contributed by atoms with van der Waals surface area (Å²) in [5, 5.41) is 13.6. The van der Waals surface area contributed by atoms with E-state index in [9.17, 15) is 5.11 Å². The van der Waals surface area contributed by atoms with Crippen molar-refractivity contribution in [3.8, 4) is 23.0 Å². The van der Waals surface area contributed by atoms with E-state index in [1.807, 2.05) is 14.1 Å². The zero-order valence-electron chi connectivity index (χ0n) is 9.84. The quantitative estimate of drug-likeness (QED) is 0.869. The number of aromatic nitrogens is 2. The van der Waals surface area contributed by atoms with Gasteiger partial charge in [0.25, 0.3) is 11.8 Å². The maximum absolute atomic E-state index is 9.80. The zero-order chi connectivity index (χ0) is 12.4. The summed E-state index contributed by atoms with van der Waals surface area (Å²) in [6, 6.07) is 4.88. The van der Waals surface area contributed by atoms with Crippen LogP contribution in [0.5, 0.6) is 11.5 Å². The highest BCUT2D eigenvalue weighted by Gasteiger charge is 2.14. The third-order valence-corrected chi connectivity index (χ3v) is 2.25. The molecule has 0 bridgehead atoms. The standard InChI is InChI=1S/C11H13N3O3/c1-14(2)11-12-10(17-13-11)8-5-4-7(16-3)6-9(8)15/h4-6,15H,1-3H3. The van der Waals surface area contributed by atoms with Crippen molar-refractivity contribution in [2.75, 3.05) is 26.1 Å². The molecule has 0 spiro atoms. The van der Waals surface area contributed by atoms with Gasteiger partial charge < -0.3 is 19.3 Å². The van der Waals surface area contributed by atoms with E-state index in [1.54, 1.807) is 17.0 Å². The predicted molar refractivity (Wildman–Crippen MR) is 62.3 cm³/mol. The molecule has 6 nitrogen and oxygen atoms in total. The first-order valence-corrected chi connectivity index (χ1v) is 5.00. The number of phenolic OH excluding ortho intramolecular Hbond substituents is 1. The summed E-state index contributed by atoms with van der Waals surface area (Å²) in [6.07, 6.45) is 0. The lowest BCUT2D eigenvalue weighted by Gasteiger charge is -2.03. The van der Waals surface area contributed by atoms with Crippen LogP contribution in [0, 0.1) is 0 Å². The fraction of sp³-hybridized carbons (Fsp3) is 0.273. The van der Waals surface area contributed by atoms with E-state index in [0.29, 0.717) is 17.3 Å². The monoisotopic (exact) mass is 235 g/mol. The smallest absolute Gasteiger partial charge is 0.265 e. The second-order valence-corrected chi connectivity index (χ2v) is 3.68. The zero-order valence-corrected chi connectivity index (χ0v) is 9.84. The average Bonchev–Trinajstić information content (AvgIpc) is 2.78. The highest BCUT2D eigenvalue weighted by atomic mass is 16.5. The van der Waals surface area contributed by atoms with Crippen molar-refractivity contribution in [2.45, 2.75) is 0 Å². The van der Waals surface area contributed by atoms with Crippen molar-refractivity contribution < 1.29 is 14.4 Å². The summed E-state index contributed by atoms with van der Waals surface area (Å²) in [6.45, 7) is 0. The number of methoxy groups -OCH3 is 1. The average molecular weight is 235 g/mol. The van der Waals surface area contributed by atoms with Crippen molar-refractivity contribution in [3.05, 3.63) is 18.2 Å². The number of ether oxygens (including phenoxy) is 1. The van der Waals surface area contributed by atoms with Crippen molar-refractivity contribution in [1.82, 2.24) is 10.1 Å². The number of hydrogen-bond donors (Lipinski definition) is 1. The second kappa shape index (κ2) is 4.32. The molecule has 2 rings (SSSR count). The topological polar surface area (TPSA) is 71.6 Å². The number of nitrogens with zero attached hydrogens (tertiary/aromatic N) is 3. The summed E-state index contributed by atoms with van der Waals surface area (Å²) in [4.78, 5) is 5.86. The number of phenols is 1. The Kier molecular flexibility index (Phi) is 2.86. The van der Waals surface area contributed by atoms with Crippen LogP contribution in [-0.4, -0.2) is 36.5 Å². The van der Waals surface area contributed by atoms with Gasteiger partial charge in [0.15, 0.2) is 0 Å². The molecule has 0 amide bonds. The van der Waals surface area contributed by atoms with E-state index in [2.05, 4.69) is 10.1 Å². The third-order valence-electron chi connectivity index (χ3n) is 2.25. The number of aromatic hydroxyl groups is 1. The fourth-order valence-corrected chi connectivity index (χ4v) is 1.33. The Balaban J connectivity index is 2.38. The molecule has 0 aliphatic carbocycles. The molecule has 0 atom stereocenters. The molecule has 0 radical (unpaired) electrons. The highest BCUT2D eigenvalue weighted by molar-refractivity contribution is 5.64. The molecule has 1 aromatic carbocycles. The Hall–Kier alpha value is -2.24. The Labute approximate surface area is 98.4 Å². The molecular formula is C11H13N3O3. The van der Waals surface area contributed by atoms with E-state index in [1.165, 1.54) is 13.2 Å². The summed E-state index contributed by atoms with van der Waals surface area (Å²) in [5.41, 5.74) is 0.478. The predicted octanol–water partition coefficient (Wildman–Crippen LogP) is 1.52. The van der Waals surface area contributed by atoms with E-state index < -0.39 is 0 Å². The van der Waals surface area contributed by atoms with E-state index >= 15 is 0 Å². The third kappa shape index (κ3) is 2.15. The lowest BCUT2D eigenvalue weighted by atomic mass is 10.2. The summed E-state index contributed by atoms with van der Waals surface area (Å²) < 4.78 is 10.1. The van der Waals surface area contributed by atoms with Gasteiger partial charge in [-0.15, -0.1) is 0 Å². The van der Waals surface area contributed by atoms with Crippen molar-refractivity contribution >= 4 is 5.95 Å². The molecule has 1 N–H and O–H groups in total. The van der Waals surface area contributed by atoms with Crippen molar-refractivity contribution in [3.63, 3.8) is 0 Å². The van der Waals surface area contributed by atoms with Gasteiger partial charge in [0.1, 0.15) is 11.5 Å². The van der Waals surface area contributed by atoms with Gasteiger partial charge in [0, 0.05) is 20.2 Å². The van der Waals surface area contributed by atoms with Crippen LogP contribution in [0.3, 0.4) is 0 Å². The van der Waals surface area contributed by atoms with Crippen LogP contribution >= 0.6 is 0 Å². The van der Waals surface area contributed by atoms with Crippen LogP contribution in [0.25, 0.3) is 11.5 Å². The van der Waals surface area contributed by atoms with Crippen LogP contribution in [0.2, 0.25) is 0 Å². The molecule has 1 heterocycles. The first kappa shape index (κ1) is 11.3. The number of benzene rings is 1. The normalized spacial score (nSPS) is 10.3. The van der Waals surface area contributed by atoms with E-state index in [-0.39, 0.29) is 11.6 Å². The van der Waals surface area contributed by atoms with Gasteiger partial charge in [-0.25, -0.2) is 0 Å². The number of hydrogen-bond acceptors (Lipinski definition) is 6. The molecule has 0 unspecified atom stereocenters. The Morgan fingerprint density at radius 3 is 2.65 bits per heavy atom. The fourth-order valence-electron chi connectivity index (χ4n) is 1.33. The molecule has 0 saturated carbocycles. The lowest BCUT2D eigenvalue weighted by Crippen LogP contribution is -2.10. The first-order chi connectivity index (χ1) is 8.11. The summed E-state index contributed by atoms with van der Waals surface area (Å²) in [5.74, 6) is 1.33. The van der Waals surface area contributed by atoms with Gasteiger partial charge in [-0.05, 0) is 17.3 Å². The molecule has 1 aromatic heterocycles. The molecule has 0 saturated heterocycles. The lowest BCUT2D eigenvalue weighted by molar-refractivity contribution is 0.405. The Morgan fingerprint density at radius 2 is 2.12 bits per heavy atom. The first-order valence-electron chi connectivity index (χ1n) is 5.00. The van der Waals surface area contributed by atoms with Gasteiger partial charge in [0.05, 0.1) is 12.7 Å². The van der Waals surface area contributed by atoms with Crippen LogP contribution in [0.1, 0.15) is 0 Å². The van der Waals surface area contributed by atoms with Gasteiger partial charge >= 0.3 is 0 Å². The molecule has 0 aliphatic heterocycles.